The highest BCUT2D eigenvalue weighted by Gasteiger charge is 2.26. The summed E-state index contributed by atoms with van der Waals surface area (Å²) in [6.07, 6.45) is 7.36. The highest BCUT2D eigenvalue weighted by atomic mass is 32.2. The Kier molecular flexibility index (Phi) is 6.95. The lowest BCUT2D eigenvalue weighted by Crippen LogP contribution is -2.35. The molecule has 2 aromatic carbocycles. The van der Waals surface area contributed by atoms with Gasteiger partial charge < -0.3 is 10.2 Å². The molecule has 8 heteroatoms. The van der Waals surface area contributed by atoms with Crippen LogP contribution in [0.15, 0.2) is 53.4 Å². The summed E-state index contributed by atoms with van der Waals surface area (Å²) >= 11 is 0. The van der Waals surface area contributed by atoms with Crippen molar-refractivity contribution >= 4 is 39.3 Å². The summed E-state index contributed by atoms with van der Waals surface area (Å²) in [5.41, 5.74) is 2.96. The molecule has 0 radical (unpaired) electrons. The van der Waals surface area contributed by atoms with Crippen molar-refractivity contribution in [1.29, 1.82) is 0 Å². The molecule has 2 aromatic rings. The van der Waals surface area contributed by atoms with Crippen molar-refractivity contribution in [3.05, 3.63) is 59.7 Å². The Morgan fingerprint density at radius 1 is 0.970 bits per heavy atom. The predicted octanol–water partition coefficient (Wildman–Crippen LogP) is 3.95. The average Bonchev–Trinajstić information content (AvgIpc) is 3.26. The molecule has 2 heterocycles. The first-order valence-electron chi connectivity index (χ1n) is 11.3. The largest absolute Gasteiger partial charge is 0.322 e. The summed E-state index contributed by atoms with van der Waals surface area (Å²) in [5, 5.41) is 2.80. The number of nitrogens with one attached hydrogen (secondary N) is 1. The molecule has 174 valence electrons. The number of hydrogen-bond donors (Lipinski definition) is 1. The monoisotopic (exact) mass is 467 g/mol. The molecule has 0 bridgehead atoms. The Balaban J connectivity index is 1.43. The number of piperidine rings is 1. The highest BCUT2D eigenvalue weighted by Crippen LogP contribution is 2.25. The van der Waals surface area contributed by atoms with Crippen LogP contribution in [0.3, 0.4) is 0 Å². The number of carbonyl (C=O) groups is 2. The van der Waals surface area contributed by atoms with Crippen LogP contribution in [0.5, 0.6) is 0 Å². The normalized spacial score (nSPS) is 17.6. The third-order valence-electron chi connectivity index (χ3n) is 6.13. The number of carbonyl (C=O) groups excluding carboxylic acids is 2. The molecule has 2 fully saturated rings. The lowest BCUT2D eigenvalue weighted by molar-refractivity contribution is -0.117. The molecule has 2 aliphatic rings. The second-order valence-electron chi connectivity index (χ2n) is 8.50. The molecule has 1 N–H and O–H groups in total. The van der Waals surface area contributed by atoms with E-state index in [1.807, 2.05) is 31.2 Å². The van der Waals surface area contributed by atoms with Crippen LogP contribution >= 0.6 is 0 Å². The molecule has 33 heavy (non-hydrogen) atoms. The third-order valence-corrected chi connectivity index (χ3v) is 8.02. The number of rotatable bonds is 6. The first-order chi connectivity index (χ1) is 15.8. The molecule has 2 aliphatic heterocycles. The van der Waals surface area contributed by atoms with Gasteiger partial charge in [0.05, 0.1) is 4.90 Å². The summed E-state index contributed by atoms with van der Waals surface area (Å²) in [6.45, 7) is 3.63. The van der Waals surface area contributed by atoms with E-state index in [9.17, 15) is 18.0 Å². The van der Waals surface area contributed by atoms with Crippen LogP contribution in [0.2, 0.25) is 0 Å². The fourth-order valence-corrected chi connectivity index (χ4v) is 5.73. The van der Waals surface area contributed by atoms with Gasteiger partial charge in [0.25, 0.3) is 0 Å². The second-order valence-corrected chi connectivity index (χ2v) is 10.4. The van der Waals surface area contributed by atoms with Gasteiger partial charge in [-0.05, 0) is 67.7 Å². The van der Waals surface area contributed by atoms with E-state index in [0.29, 0.717) is 25.2 Å². The maximum atomic E-state index is 13.0. The first-order valence-corrected chi connectivity index (χ1v) is 12.8. The number of anilines is 2. The van der Waals surface area contributed by atoms with E-state index < -0.39 is 10.0 Å². The smallest absolute Gasteiger partial charge is 0.248 e. The standard InChI is InChI=1S/C25H29N3O4S/c1-19-7-13-22(33(31,32)27-15-3-2-4-16-27)18-23(19)26-24(29)14-10-20-8-11-21(12-9-20)28-17-5-6-25(28)30/h7-14,18H,2-6,15-17H2,1H3,(H,26,29)/b14-10+. The Morgan fingerprint density at radius 3 is 2.36 bits per heavy atom. The van der Waals surface area contributed by atoms with Crippen LogP contribution in [0.4, 0.5) is 11.4 Å². The van der Waals surface area contributed by atoms with Gasteiger partial charge in [0.2, 0.25) is 21.8 Å². The van der Waals surface area contributed by atoms with Crippen LogP contribution in [-0.4, -0.2) is 44.2 Å². The van der Waals surface area contributed by atoms with Crippen LogP contribution < -0.4 is 10.2 Å². The van der Waals surface area contributed by atoms with E-state index in [1.165, 1.54) is 16.4 Å². The minimum absolute atomic E-state index is 0.137. The van der Waals surface area contributed by atoms with Crippen molar-refractivity contribution in [2.45, 2.75) is 43.9 Å². The molecule has 0 atom stereocenters. The molecule has 0 aromatic heterocycles. The van der Waals surface area contributed by atoms with Gasteiger partial charge in [0, 0.05) is 43.5 Å². The number of sulfonamides is 1. The van der Waals surface area contributed by atoms with Crippen molar-refractivity contribution in [3.63, 3.8) is 0 Å². The molecule has 4 rings (SSSR count). The molecule has 0 unspecified atom stereocenters. The van der Waals surface area contributed by atoms with E-state index in [2.05, 4.69) is 5.32 Å². The summed E-state index contributed by atoms with van der Waals surface area (Å²) in [6, 6.07) is 12.3. The fourth-order valence-electron chi connectivity index (χ4n) is 4.18. The molecular formula is C25H29N3O4S. The highest BCUT2D eigenvalue weighted by molar-refractivity contribution is 7.89. The van der Waals surface area contributed by atoms with E-state index in [0.717, 1.165) is 49.0 Å². The van der Waals surface area contributed by atoms with Crippen molar-refractivity contribution in [2.75, 3.05) is 29.9 Å². The van der Waals surface area contributed by atoms with Crippen LogP contribution in [0, 0.1) is 6.92 Å². The van der Waals surface area contributed by atoms with Gasteiger partial charge in [-0.25, -0.2) is 8.42 Å². The maximum absolute atomic E-state index is 13.0. The van der Waals surface area contributed by atoms with E-state index in [-0.39, 0.29) is 16.7 Å². The van der Waals surface area contributed by atoms with Gasteiger partial charge in [-0.15, -0.1) is 0 Å². The molecule has 2 saturated heterocycles. The van der Waals surface area contributed by atoms with Gasteiger partial charge in [0.15, 0.2) is 0 Å². The van der Waals surface area contributed by atoms with E-state index in [4.69, 9.17) is 0 Å². The van der Waals surface area contributed by atoms with Gasteiger partial charge in [-0.2, -0.15) is 4.31 Å². The Hall–Kier alpha value is -2.97. The minimum Gasteiger partial charge on any atom is -0.322 e. The first kappa shape index (κ1) is 23.2. The molecule has 7 nitrogen and oxygen atoms in total. The van der Waals surface area contributed by atoms with Crippen LogP contribution in [-0.2, 0) is 19.6 Å². The summed E-state index contributed by atoms with van der Waals surface area (Å²) in [5.74, 6) is -0.206. The van der Waals surface area contributed by atoms with Gasteiger partial charge in [-0.1, -0.05) is 24.6 Å². The minimum atomic E-state index is -3.57. The van der Waals surface area contributed by atoms with E-state index >= 15 is 0 Å². The zero-order valence-corrected chi connectivity index (χ0v) is 19.6. The predicted molar refractivity (Wildman–Crippen MR) is 129 cm³/mol. The van der Waals surface area contributed by atoms with Gasteiger partial charge in [0.1, 0.15) is 0 Å². The van der Waals surface area contributed by atoms with E-state index in [1.54, 1.807) is 23.1 Å². The zero-order valence-electron chi connectivity index (χ0n) is 18.8. The Labute approximate surface area is 195 Å². The van der Waals surface area contributed by atoms with Crippen molar-refractivity contribution < 1.29 is 18.0 Å². The molecule has 0 aliphatic carbocycles. The van der Waals surface area contributed by atoms with Crippen molar-refractivity contribution in [1.82, 2.24) is 4.31 Å². The quantitative estimate of drug-likeness (QED) is 0.652. The Bertz CT molecular complexity index is 1170. The molecular weight excluding hydrogens is 438 g/mol. The number of amides is 2. The summed E-state index contributed by atoms with van der Waals surface area (Å²) < 4.78 is 27.5. The van der Waals surface area contributed by atoms with Crippen LogP contribution in [0.25, 0.3) is 6.08 Å². The zero-order chi connectivity index (χ0) is 23.4. The van der Waals surface area contributed by atoms with Gasteiger partial charge >= 0.3 is 0 Å². The maximum Gasteiger partial charge on any atom is 0.248 e. The summed E-state index contributed by atoms with van der Waals surface area (Å²) in [7, 11) is -3.57. The number of nitrogens with zero attached hydrogens (tertiary/aromatic N) is 2. The average molecular weight is 468 g/mol. The number of benzene rings is 2. The molecule has 2 amide bonds. The fraction of sp³-hybridized carbons (Fsp3) is 0.360. The van der Waals surface area contributed by atoms with Crippen molar-refractivity contribution in [2.24, 2.45) is 0 Å². The van der Waals surface area contributed by atoms with Crippen molar-refractivity contribution in [3.8, 4) is 0 Å². The molecule has 0 saturated carbocycles. The SMILES string of the molecule is Cc1ccc(S(=O)(=O)N2CCCCC2)cc1NC(=O)/C=C/c1ccc(N2CCCC2=O)cc1. The van der Waals surface area contributed by atoms with Gasteiger partial charge in [-0.3, -0.25) is 9.59 Å². The second kappa shape index (κ2) is 9.89. The summed E-state index contributed by atoms with van der Waals surface area (Å²) in [4.78, 5) is 26.3. The molecule has 0 spiro atoms. The third kappa shape index (κ3) is 5.34. The lowest BCUT2D eigenvalue weighted by atomic mass is 10.1. The lowest BCUT2D eigenvalue weighted by Gasteiger charge is -2.26. The number of aryl methyl sites for hydroxylation is 1. The number of hydrogen-bond acceptors (Lipinski definition) is 4. The Morgan fingerprint density at radius 2 is 1.70 bits per heavy atom. The topological polar surface area (TPSA) is 86.8 Å². The van der Waals surface area contributed by atoms with Crippen LogP contribution in [0.1, 0.15) is 43.2 Å².